The standard InChI is InChI=1S/C20H45N3.3ClH/c1-6-10-12-18(8-3)14-22-16-20(5,21)17-23-15-19(9-4)13-11-7-2;;;/h18-19,22-23H,6-17,21H2,1-5H3;3*1H. The van der Waals surface area contributed by atoms with Crippen LogP contribution >= 0.6 is 37.2 Å². The molecular formula is C20H48Cl3N3. The number of hydrogen-bond donors (Lipinski definition) is 3. The first-order chi connectivity index (χ1) is 11.0. The third-order valence-corrected chi connectivity index (χ3v) is 5.01. The van der Waals surface area contributed by atoms with E-state index in [4.69, 9.17) is 5.73 Å². The molecule has 0 saturated carbocycles. The zero-order chi connectivity index (χ0) is 17.6. The average molecular weight is 437 g/mol. The minimum Gasteiger partial charge on any atom is -0.323 e. The molecule has 0 aliphatic rings. The second-order valence-electron chi connectivity index (χ2n) is 7.75. The quantitative estimate of drug-likeness (QED) is 0.296. The first-order valence-electron chi connectivity index (χ1n) is 10.2. The molecule has 0 aromatic carbocycles. The van der Waals surface area contributed by atoms with Crippen LogP contribution in [0.25, 0.3) is 0 Å². The van der Waals surface area contributed by atoms with Crippen LogP contribution in [0.4, 0.5) is 0 Å². The Hall–Kier alpha value is 0.750. The zero-order valence-electron chi connectivity index (χ0n) is 17.9. The van der Waals surface area contributed by atoms with Crippen LogP contribution in [-0.4, -0.2) is 31.7 Å². The molecule has 0 amide bonds. The molecule has 0 heterocycles. The predicted molar refractivity (Wildman–Crippen MR) is 127 cm³/mol. The summed E-state index contributed by atoms with van der Waals surface area (Å²) in [5.41, 5.74) is 6.29. The van der Waals surface area contributed by atoms with Gasteiger partial charge in [0.1, 0.15) is 0 Å². The summed E-state index contributed by atoms with van der Waals surface area (Å²) >= 11 is 0. The molecular weight excluding hydrogens is 389 g/mol. The molecule has 0 aromatic rings. The van der Waals surface area contributed by atoms with Crippen LogP contribution in [0.15, 0.2) is 0 Å². The van der Waals surface area contributed by atoms with Gasteiger partial charge in [-0.15, -0.1) is 37.2 Å². The Morgan fingerprint density at radius 1 is 0.731 bits per heavy atom. The highest BCUT2D eigenvalue weighted by Crippen LogP contribution is 2.12. The van der Waals surface area contributed by atoms with E-state index in [0.717, 1.165) is 38.0 Å². The van der Waals surface area contributed by atoms with Crippen molar-refractivity contribution < 1.29 is 0 Å². The fourth-order valence-corrected chi connectivity index (χ4v) is 3.07. The van der Waals surface area contributed by atoms with Crippen molar-refractivity contribution in [3.63, 3.8) is 0 Å². The van der Waals surface area contributed by atoms with Crippen LogP contribution in [-0.2, 0) is 0 Å². The average Bonchev–Trinajstić information content (AvgIpc) is 2.53. The van der Waals surface area contributed by atoms with E-state index in [0.29, 0.717) is 0 Å². The molecule has 3 nitrogen and oxygen atoms in total. The normalized spacial score (nSPS) is 15.0. The highest BCUT2D eigenvalue weighted by atomic mass is 35.5. The van der Waals surface area contributed by atoms with E-state index in [9.17, 15) is 0 Å². The number of nitrogens with two attached hydrogens (primary N) is 1. The smallest absolute Gasteiger partial charge is 0.0378 e. The largest absolute Gasteiger partial charge is 0.323 e. The highest BCUT2D eigenvalue weighted by Gasteiger charge is 2.19. The lowest BCUT2D eigenvalue weighted by Gasteiger charge is -2.28. The van der Waals surface area contributed by atoms with Gasteiger partial charge < -0.3 is 16.4 Å². The number of unbranched alkanes of at least 4 members (excludes halogenated alkanes) is 2. The van der Waals surface area contributed by atoms with Crippen molar-refractivity contribution in [1.82, 2.24) is 10.6 Å². The SMILES string of the molecule is CCCCC(CC)CNCC(C)(N)CNCC(CC)CCCC.Cl.Cl.Cl. The number of nitrogens with one attached hydrogen (secondary N) is 2. The van der Waals surface area contributed by atoms with E-state index in [1.54, 1.807) is 0 Å². The van der Waals surface area contributed by atoms with Gasteiger partial charge in [-0.2, -0.15) is 0 Å². The van der Waals surface area contributed by atoms with Crippen LogP contribution in [0.5, 0.6) is 0 Å². The van der Waals surface area contributed by atoms with Gasteiger partial charge in [-0.1, -0.05) is 66.2 Å². The Kier molecular flexibility index (Phi) is 29.1. The van der Waals surface area contributed by atoms with Gasteiger partial charge in [-0.3, -0.25) is 0 Å². The van der Waals surface area contributed by atoms with Crippen molar-refractivity contribution in [1.29, 1.82) is 0 Å². The molecule has 0 spiro atoms. The Morgan fingerprint density at radius 3 is 1.35 bits per heavy atom. The van der Waals surface area contributed by atoms with Gasteiger partial charge >= 0.3 is 0 Å². The molecule has 2 atom stereocenters. The summed E-state index contributed by atoms with van der Waals surface area (Å²) < 4.78 is 0. The maximum atomic E-state index is 6.45. The Balaban J connectivity index is -0.000000807. The van der Waals surface area contributed by atoms with Crippen molar-refractivity contribution in [2.24, 2.45) is 17.6 Å². The second kappa shape index (κ2) is 22.0. The molecule has 0 aromatic heterocycles. The zero-order valence-corrected chi connectivity index (χ0v) is 20.4. The van der Waals surface area contributed by atoms with Gasteiger partial charge in [-0.05, 0) is 44.7 Å². The Bertz CT molecular complexity index is 243. The monoisotopic (exact) mass is 435 g/mol. The van der Waals surface area contributed by atoms with Crippen LogP contribution in [0.3, 0.4) is 0 Å². The lowest BCUT2D eigenvalue weighted by atomic mass is 9.97. The summed E-state index contributed by atoms with van der Waals surface area (Å²) in [6.45, 7) is 15.3. The van der Waals surface area contributed by atoms with E-state index < -0.39 is 0 Å². The molecule has 164 valence electrons. The molecule has 0 aliphatic heterocycles. The third kappa shape index (κ3) is 19.5. The molecule has 2 unspecified atom stereocenters. The summed E-state index contributed by atoms with van der Waals surface area (Å²) in [6, 6.07) is 0. The Labute approximate surface area is 183 Å². The lowest BCUT2D eigenvalue weighted by molar-refractivity contribution is 0.344. The van der Waals surface area contributed by atoms with E-state index in [2.05, 4.69) is 45.3 Å². The van der Waals surface area contributed by atoms with Crippen molar-refractivity contribution in [3.8, 4) is 0 Å². The van der Waals surface area contributed by atoms with Crippen LogP contribution < -0.4 is 16.4 Å². The number of rotatable bonds is 16. The van der Waals surface area contributed by atoms with Crippen molar-refractivity contribution in [2.75, 3.05) is 26.2 Å². The van der Waals surface area contributed by atoms with Crippen molar-refractivity contribution in [2.45, 2.75) is 91.5 Å². The van der Waals surface area contributed by atoms with Gasteiger partial charge in [0.05, 0.1) is 0 Å². The summed E-state index contributed by atoms with van der Waals surface area (Å²) in [5, 5.41) is 7.21. The first-order valence-corrected chi connectivity index (χ1v) is 10.2. The maximum Gasteiger partial charge on any atom is 0.0378 e. The summed E-state index contributed by atoms with van der Waals surface area (Å²) in [5.74, 6) is 1.61. The fraction of sp³-hybridized carbons (Fsp3) is 1.00. The third-order valence-electron chi connectivity index (χ3n) is 5.01. The molecule has 0 radical (unpaired) electrons. The summed E-state index contributed by atoms with van der Waals surface area (Å²) in [7, 11) is 0. The molecule has 0 saturated heterocycles. The van der Waals surface area contributed by atoms with Gasteiger partial charge in [0.25, 0.3) is 0 Å². The highest BCUT2D eigenvalue weighted by molar-refractivity contribution is 5.86. The fourth-order valence-electron chi connectivity index (χ4n) is 3.07. The summed E-state index contributed by atoms with van der Waals surface area (Å²) in [6.07, 6.45) is 10.5. The van der Waals surface area contributed by atoms with Crippen LogP contribution in [0, 0.1) is 11.8 Å². The molecule has 4 N–H and O–H groups in total. The molecule has 0 fully saturated rings. The maximum absolute atomic E-state index is 6.45. The predicted octanol–water partition coefficient (Wildman–Crippen LogP) is 5.58. The first kappa shape index (κ1) is 34.3. The lowest BCUT2D eigenvalue weighted by Crippen LogP contribution is -2.54. The molecule has 6 heteroatoms. The minimum atomic E-state index is -0.161. The molecule has 26 heavy (non-hydrogen) atoms. The van der Waals surface area contributed by atoms with Crippen molar-refractivity contribution in [3.05, 3.63) is 0 Å². The Morgan fingerprint density at radius 2 is 1.08 bits per heavy atom. The number of halogens is 3. The minimum absolute atomic E-state index is 0. The van der Waals surface area contributed by atoms with Crippen LogP contribution in [0.1, 0.15) is 86.0 Å². The second-order valence-corrected chi connectivity index (χ2v) is 7.75. The van der Waals surface area contributed by atoms with E-state index in [-0.39, 0.29) is 42.8 Å². The number of hydrogen-bond acceptors (Lipinski definition) is 3. The molecule has 0 aliphatic carbocycles. The van der Waals surface area contributed by atoms with Gasteiger partial charge in [0, 0.05) is 18.6 Å². The van der Waals surface area contributed by atoms with E-state index >= 15 is 0 Å². The van der Waals surface area contributed by atoms with E-state index in [1.165, 1.54) is 51.4 Å². The van der Waals surface area contributed by atoms with Crippen LogP contribution in [0.2, 0.25) is 0 Å². The van der Waals surface area contributed by atoms with Gasteiger partial charge in [0.15, 0.2) is 0 Å². The van der Waals surface area contributed by atoms with Gasteiger partial charge in [-0.25, -0.2) is 0 Å². The molecule has 0 rings (SSSR count). The van der Waals surface area contributed by atoms with E-state index in [1.807, 2.05) is 0 Å². The van der Waals surface area contributed by atoms with Crippen molar-refractivity contribution >= 4 is 37.2 Å². The van der Waals surface area contributed by atoms with Gasteiger partial charge in [0.2, 0.25) is 0 Å². The topological polar surface area (TPSA) is 50.1 Å². The molecule has 0 bridgehead atoms. The summed E-state index contributed by atoms with van der Waals surface area (Å²) in [4.78, 5) is 0.